The van der Waals surface area contributed by atoms with Crippen LogP contribution in [0.15, 0.2) is 21.7 Å². The van der Waals surface area contributed by atoms with Crippen LogP contribution in [0.25, 0.3) is 5.78 Å². The highest BCUT2D eigenvalue weighted by Crippen LogP contribution is 2.46. The highest BCUT2D eigenvalue weighted by Gasteiger charge is 2.59. The van der Waals surface area contributed by atoms with Gasteiger partial charge in [-0.05, 0) is 6.42 Å². The number of hydrogen-bond donors (Lipinski definition) is 1. The van der Waals surface area contributed by atoms with E-state index in [1.165, 1.54) is 11.2 Å². The predicted molar refractivity (Wildman–Crippen MR) is 104 cm³/mol. The van der Waals surface area contributed by atoms with Crippen molar-refractivity contribution in [2.24, 2.45) is 5.41 Å². The number of amides is 2. The molecule has 3 aromatic rings. The lowest BCUT2D eigenvalue weighted by Crippen LogP contribution is -2.43. The molecule has 2 aliphatic heterocycles. The van der Waals surface area contributed by atoms with E-state index in [-0.39, 0.29) is 48.8 Å². The second-order valence-electron chi connectivity index (χ2n) is 8.30. The number of carbonyl (C=O) groups excluding carboxylic acids is 2. The molecule has 5 heterocycles. The zero-order chi connectivity index (χ0) is 24.3. The summed E-state index contributed by atoms with van der Waals surface area (Å²) in [5, 5.41) is 6.29. The third-order valence-electron chi connectivity index (χ3n) is 6.30. The van der Waals surface area contributed by atoms with Crippen molar-refractivity contribution in [3.63, 3.8) is 0 Å². The number of carbonyl (C=O) groups is 2. The Bertz CT molecular complexity index is 1350. The van der Waals surface area contributed by atoms with Gasteiger partial charge in [-0.3, -0.25) is 23.9 Å². The molecule has 0 saturated carbocycles. The molecule has 11 nitrogen and oxygen atoms in total. The summed E-state index contributed by atoms with van der Waals surface area (Å²) in [6.45, 7) is -2.69. The molecule has 1 saturated heterocycles. The fraction of sp³-hybridized carbons (Fsp3) is 0.474. The second-order valence-corrected chi connectivity index (χ2v) is 8.30. The van der Waals surface area contributed by atoms with Gasteiger partial charge < -0.3 is 14.3 Å². The molecule has 15 heteroatoms. The average Bonchev–Trinajstić information content (AvgIpc) is 3.55. The first-order chi connectivity index (χ1) is 16.1. The van der Waals surface area contributed by atoms with E-state index in [9.17, 15) is 31.9 Å². The summed E-state index contributed by atoms with van der Waals surface area (Å²) in [7, 11) is 0. The normalized spacial score (nSPS) is 20.7. The van der Waals surface area contributed by atoms with E-state index in [4.69, 9.17) is 4.52 Å². The molecule has 1 N–H and O–H groups in total. The van der Waals surface area contributed by atoms with Gasteiger partial charge in [-0.2, -0.15) is 17.7 Å². The van der Waals surface area contributed by atoms with Gasteiger partial charge in [0.05, 0.1) is 6.54 Å². The monoisotopic (exact) mass is 483 g/mol. The van der Waals surface area contributed by atoms with Crippen LogP contribution in [0, 0.1) is 5.41 Å². The van der Waals surface area contributed by atoms with Gasteiger partial charge in [-0.1, -0.05) is 5.16 Å². The Balaban J connectivity index is 1.38. The van der Waals surface area contributed by atoms with Crippen LogP contribution in [0.5, 0.6) is 0 Å². The molecule has 1 fully saturated rings. The maximum atomic E-state index is 13.4. The summed E-state index contributed by atoms with van der Waals surface area (Å²) < 4.78 is 59.7. The molecular weight excluding hydrogens is 466 g/mol. The summed E-state index contributed by atoms with van der Waals surface area (Å²) in [5.74, 6) is -1.09. The first kappa shape index (κ1) is 22.0. The molecule has 34 heavy (non-hydrogen) atoms. The number of rotatable bonds is 3. The van der Waals surface area contributed by atoms with Crippen LogP contribution in [0.3, 0.4) is 0 Å². The molecule has 0 radical (unpaired) electrons. The number of halogens is 4. The SMILES string of the molecule is O=C(c1cc(=O)n2[nH]cnc2n1)N1CCc2onc(C(=O)N3CCC(CF)(C(F)(F)F)C3)c2C1. The lowest BCUT2D eigenvalue weighted by Gasteiger charge is -2.29. The Hall–Kier alpha value is -3.78. The molecule has 5 rings (SSSR count). The minimum Gasteiger partial charge on any atom is -0.360 e. The summed E-state index contributed by atoms with van der Waals surface area (Å²) in [5.41, 5.74) is -3.27. The third-order valence-corrected chi connectivity index (χ3v) is 6.30. The zero-order valence-corrected chi connectivity index (χ0v) is 17.4. The molecule has 1 unspecified atom stereocenters. The van der Waals surface area contributed by atoms with E-state index >= 15 is 0 Å². The summed E-state index contributed by atoms with van der Waals surface area (Å²) in [6.07, 6.45) is -3.92. The van der Waals surface area contributed by atoms with E-state index < -0.39 is 48.6 Å². The highest BCUT2D eigenvalue weighted by molar-refractivity contribution is 5.95. The van der Waals surface area contributed by atoms with Crippen molar-refractivity contribution in [3.05, 3.63) is 45.5 Å². The molecule has 2 aliphatic rings. The van der Waals surface area contributed by atoms with Crippen LogP contribution in [0.2, 0.25) is 0 Å². The van der Waals surface area contributed by atoms with E-state index in [1.54, 1.807) is 0 Å². The lowest BCUT2D eigenvalue weighted by molar-refractivity contribution is -0.223. The zero-order valence-electron chi connectivity index (χ0n) is 17.4. The molecule has 3 aromatic heterocycles. The van der Waals surface area contributed by atoms with Crippen molar-refractivity contribution in [1.82, 2.24) is 34.5 Å². The number of aromatic nitrogens is 5. The van der Waals surface area contributed by atoms with Crippen molar-refractivity contribution in [2.45, 2.75) is 25.6 Å². The first-order valence-corrected chi connectivity index (χ1v) is 10.3. The fourth-order valence-corrected chi connectivity index (χ4v) is 4.26. The van der Waals surface area contributed by atoms with Gasteiger partial charge in [0, 0.05) is 37.7 Å². The average molecular weight is 483 g/mol. The van der Waals surface area contributed by atoms with Crippen molar-refractivity contribution < 1.29 is 31.7 Å². The number of aromatic amines is 1. The molecule has 0 bridgehead atoms. The number of hydrogen-bond acceptors (Lipinski definition) is 7. The van der Waals surface area contributed by atoms with Crippen molar-refractivity contribution in [2.75, 3.05) is 26.3 Å². The van der Waals surface area contributed by atoms with E-state index in [0.717, 1.165) is 15.5 Å². The Labute approximate surface area is 187 Å². The standard InChI is InChI=1S/C19H17F4N7O4/c20-7-18(19(21,22)23)2-4-29(8-18)16(33)14-10-6-28(3-1-12(10)34-27-14)15(32)11-5-13(31)30-17(26-11)24-9-25-30/h5,9H,1-4,6-8H2,(H,24,25,26). The third kappa shape index (κ3) is 3.33. The number of likely N-dealkylation sites (tertiary alicyclic amines) is 1. The molecule has 0 spiro atoms. The summed E-state index contributed by atoms with van der Waals surface area (Å²) in [4.78, 5) is 48.2. The Kier molecular flexibility index (Phi) is 4.95. The maximum Gasteiger partial charge on any atom is 0.398 e. The predicted octanol–water partition coefficient (Wildman–Crippen LogP) is 0.968. The van der Waals surface area contributed by atoms with E-state index in [2.05, 4.69) is 20.2 Å². The van der Waals surface area contributed by atoms with Crippen molar-refractivity contribution >= 4 is 17.6 Å². The molecule has 2 amide bonds. The molecule has 1 atom stereocenters. The van der Waals surface area contributed by atoms with Gasteiger partial charge in [0.1, 0.15) is 29.9 Å². The fourth-order valence-electron chi connectivity index (χ4n) is 4.26. The minimum atomic E-state index is -4.80. The maximum absolute atomic E-state index is 13.4. The van der Waals surface area contributed by atoms with Crippen LogP contribution in [-0.4, -0.2) is 78.8 Å². The number of fused-ring (bicyclic) bond motifs is 2. The van der Waals surface area contributed by atoms with Crippen LogP contribution >= 0.6 is 0 Å². The smallest absolute Gasteiger partial charge is 0.360 e. The Morgan fingerprint density at radius 2 is 2.00 bits per heavy atom. The van der Waals surface area contributed by atoms with Crippen LogP contribution < -0.4 is 5.56 Å². The number of H-pyrrole nitrogens is 1. The molecule has 0 aromatic carbocycles. The highest BCUT2D eigenvalue weighted by atomic mass is 19.4. The lowest BCUT2D eigenvalue weighted by atomic mass is 9.88. The van der Waals surface area contributed by atoms with Crippen LogP contribution in [0.1, 0.15) is 38.7 Å². The van der Waals surface area contributed by atoms with Crippen LogP contribution in [-0.2, 0) is 13.0 Å². The van der Waals surface area contributed by atoms with Gasteiger partial charge in [0.25, 0.3) is 23.2 Å². The van der Waals surface area contributed by atoms with Gasteiger partial charge in [0.15, 0.2) is 5.69 Å². The summed E-state index contributed by atoms with van der Waals surface area (Å²) >= 11 is 0. The van der Waals surface area contributed by atoms with Crippen LogP contribution in [0.4, 0.5) is 17.6 Å². The molecule has 0 aliphatic carbocycles. The number of nitrogens with zero attached hydrogens (tertiary/aromatic N) is 6. The number of alkyl halides is 4. The topological polar surface area (TPSA) is 130 Å². The van der Waals surface area contributed by atoms with Crippen molar-refractivity contribution in [1.29, 1.82) is 0 Å². The van der Waals surface area contributed by atoms with E-state index in [0.29, 0.717) is 5.76 Å². The largest absolute Gasteiger partial charge is 0.398 e. The summed E-state index contributed by atoms with van der Waals surface area (Å²) in [6, 6.07) is 1.04. The van der Waals surface area contributed by atoms with Crippen molar-refractivity contribution in [3.8, 4) is 0 Å². The van der Waals surface area contributed by atoms with E-state index in [1.807, 2.05) is 0 Å². The number of nitrogens with one attached hydrogen (secondary N) is 1. The minimum absolute atomic E-state index is 0.00411. The first-order valence-electron chi connectivity index (χ1n) is 10.3. The molecule has 180 valence electrons. The van der Waals surface area contributed by atoms with Gasteiger partial charge in [-0.15, -0.1) is 0 Å². The Morgan fingerprint density at radius 3 is 2.71 bits per heavy atom. The Morgan fingerprint density at radius 1 is 1.21 bits per heavy atom. The molecular formula is C19H17F4N7O4. The quantitative estimate of drug-likeness (QED) is 0.550. The second kappa shape index (κ2) is 7.63. The van der Waals surface area contributed by atoms with Gasteiger partial charge in [-0.25, -0.2) is 9.97 Å². The van der Waals surface area contributed by atoms with Gasteiger partial charge >= 0.3 is 6.18 Å². The van der Waals surface area contributed by atoms with Gasteiger partial charge in [0.2, 0.25) is 0 Å².